The van der Waals surface area contributed by atoms with E-state index in [1.54, 1.807) is 41.6 Å². The molecule has 124 valence electrons. The van der Waals surface area contributed by atoms with Gasteiger partial charge in [-0.1, -0.05) is 6.07 Å². The van der Waals surface area contributed by atoms with Gasteiger partial charge in [-0.3, -0.25) is 9.48 Å². The second-order valence-electron chi connectivity index (χ2n) is 5.53. The van der Waals surface area contributed by atoms with E-state index in [0.29, 0.717) is 29.3 Å². The van der Waals surface area contributed by atoms with Crippen molar-refractivity contribution in [2.45, 2.75) is 17.1 Å². The van der Waals surface area contributed by atoms with Crippen LogP contribution >= 0.6 is 11.3 Å². The smallest absolute Gasteiger partial charge is 0.252 e. The van der Waals surface area contributed by atoms with E-state index in [1.807, 2.05) is 0 Å². The molecule has 2 aromatic rings. The Balaban J connectivity index is 1.69. The van der Waals surface area contributed by atoms with Crippen molar-refractivity contribution >= 4 is 33.0 Å². The van der Waals surface area contributed by atoms with Gasteiger partial charge >= 0.3 is 0 Å². The minimum atomic E-state index is -3.50. The van der Waals surface area contributed by atoms with Gasteiger partial charge in [0.05, 0.1) is 17.8 Å². The zero-order chi connectivity index (χ0) is 16.4. The van der Waals surface area contributed by atoms with E-state index < -0.39 is 10.0 Å². The van der Waals surface area contributed by atoms with Crippen molar-refractivity contribution < 1.29 is 13.2 Å². The number of rotatable bonds is 4. The van der Waals surface area contributed by atoms with E-state index in [1.165, 1.54) is 15.6 Å². The molecule has 1 atom stereocenters. The summed E-state index contributed by atoms with van der Waals surface area (Å²) in [5, 5.41) is 8.54. The van der Waals surface area contributed by atoms with Gasteiger partial charge in [0, 0.05) is 26.3 Å². The number of nitrogens with one attached hydrogen (secondary N) is 1. The Morgan fingerprint density at radius 2 is 2.30 bits per heavy atom. The lowest BCUT2D eigenvalue weighted by Crippen LogP contribution is -2.43. The maximum absolute atomic E-state index is 12.6. The molecule has 3 heterocycles. The van der Waals surface area contributed by atoms with Crippen LogP contribution in [-0.4, -0.2) is 41.5 Å². The van der Waals surface area contributed by atoms with Gasteiger partial charge in [-0.05, 0) is 24.3 Å². The van der Waals surface area contributed by atoms with Crippen LogP contribution < -0.4 is 5.32 Å². The third-order valence-corrected chi connectivity index (χ3v) is 7.05. The summed E-state index contributed by atoms with van der Waals surface area (Å²) in [6.07, 6.45) is 4.64. The molecule has 1 amide bonds. The number of thiophene rings is 1. The van der Waals surface area contributed by atoms with E-state index in [0.717, 1.165) is 0 Å². The first-order valence-electron chi connectivity index (χ1n) is 7.30. The molecule has 0 unspecified atom stereocenters. The summed E-state index contributed by atoms with van der Waals surface area (Å²) in [4.78, 5) is 12.4. The minimum absolute atomic E-state index is 0.163. The molecule has 0 saturated carbocycles. The normalized spacial score (nSPS) is 19.6. The fourth-order valence-corrected chi connectivity index (χ4v) is 5.31. The average Bonchev–Trinajstić information content (AvgIpc) is 3.19. The number of aryl methyl sites for hydroxylation is 1. The predicted octanol–water partition coefficient (Wildman–Crippen LogP) is 1.52. The van der Waals surface area contributed by atoms with Gasteiger partial charge in [0.2, 0.25) is 5.91 Å². The molecule has 0 aliphatic carbocycles. The van der Waals surface area contributed by atoms with Crippen molar-refractivity contribution in [2.75, 3.05) is 18.4 Å². The number of hydrogen-bond donors (Lipinski definition) is 1. The highest BCUT2D eigenvalue weighted by Gasteiger charge is 2.33. The molecular weight excluding hydrogens is 336 g/mol. The molecule has 0 aromatic carbocycles. The fourth-order valence-electron chi connectivity index (χ4n) is 2.64. The fraction of sp³-hybridized carbons (Fsp3) is 0.429. The van der Waals surface area contributed by atoms with Gasteiger partial charge in [0.15, 0.2) is 0 Å². The van der Waals surface area contributed by atoms with Crippen LogP contribution in [0.25, 0.3) is 0 Å². The molecule has 7 nitrogen and oxygen atoms in total. The van der Waals surface area contributed by atoms with Crippen LogP contribution in [-0.2, 0) is 21.9 Å². The Labute approximate surface area is 139 Å². The van der Waals surface area contributed by atoms with Crippen molar-refractivity contribution in [1.29, 1.82) is 0 Å². The Morgan fingerprint density at radius 1 is 1.48 bits per heavy atom. The van der Waals surface area contributed by atoms with Crippen LogP contribution in [0.15, 0.2) is 34.1 Å². The molecule has 1 saturated heterocycles. The molecule has 23 heavy (non-hydrogen) atoms. The number of carbonyl (C=O) groups excluding carboxylic acids is 1. The highest BCUT2D eigenvalue weighted by molar-refractivity contribution is 7.91. The lowest BCUT2D eigenvalue weighted by molar-refractivity contribution is -0.120. The summed E-state index contributed by atoms with van der Waals surface area (Å²) in [6, 6.07) is 3.31. The number of amides is 1. The third-order valence-electron chi connectivity index (χ3n) is 3.82. The Hall–Kier alpha value is -1.71. The van der Waals surface area contributed by atoms with E-state index >= 15 is 0 Å². The molecule has 9 heteroatoms. The highest BCUT2D eigenvalue weighted by atomic mass is 32.2. The van der Waals surface area contributed by atoms with E-state index in [-0.39, 0.29) is 18.4 Å². The summed E-state index contributed by atoms with van der Waals surface area (Å²) in [5.41, 5.74) is 0.621. The molecule has 0 spiro atoms. The predicted molar refractivity (Wildman–Crippen MR) is 87.6 cm³/mol. The number of sulfonamides is 1. The maximum Gasteiger partial charge on any atom is 0.252 e. The number of aromatic nitrogens is 2. The molecule has 0 bridgehead atoms. The molecule has 1 fully saturated rings. The number of hydrogen-bond acceptors (Lipinski definition) is 5. The lowest BCUT2D eigenvalue weighted by atomic mass is 9.99. The van der Waals surface area contributed by atoms with Crippen LogP contribution in [0.2, 0.25) is 0 Å². The van der Waals surface area contributed by atoms with Gasteiger partial charge in [-0.15, -0.1) is 11.3 Å². The molecule has 1 N–H and O–H groups in total. The van der Waals surface area contributed by atoms with E-state index in [9.17, 15) is 13.2 Å². The van der Waals surface area contributed by atoms with Crippen molar-refractivity contribution in [3.63, 3.8) is 0 Å². The van der Waals surface area contributed by atoms with Gasteiger partial charge in [-0.25, -0.2) is 8.42 Å². The van der Waals surface area contributed by atoms with Crippen LogP contribution in [0.4, 0.5) is 5.69 Å². The Kier molecular flexibility index (Phi) is 4.51. The van der Waals surface area contributed by atoms with E-state index in [2.05, 4.69) is 10.4 Å². The van der Waals surface area contributed by atoms with Gasteiger partial charge in [-0.2, -0.15) is 9.40 Å². The number of carbonyl (C=O) groups is 1. The second-order valence-corrected chi connectivity index (χ2v) is 8.64. The van der Waals surface area contributed by atoms with Crippen molar-refractivity contribution in [3.05, 3.63) is 29.9 Å². The van der Waals surface area contributed by atoms with Gasteiger partial charge in [0.1, 0.15) is 4.21 Å². The third kappa shape index (κ3) is 3.46. The van der Waals surface area contributed by atoms with Crippen molar-refractivity contribution in [1.82, 2.24) is 14.1 Å². The molecule has 1 aliphatic rings. The van der Waals surface area contributed by atoms with Gasteiger partial charge < -0.3 is 5.32 Å². The van der Waals surface area contributed by atoms with Crippen LogP contribution in [0.1, 0.15) is 12.8 Å². The molecule has 1 aliphatic heterocycles. The number of anilines is 1. The number of piperidine rings is 1. The summed E-state index contributed by atoms with van der Waals surface area (Å²) in [6.45, 7) is 0.670. The SMILES string of the molecule is Cn1cc(NC(=O)[C@H]2CCCN(S(=O)(=O)c3cccs3)C2)cn1. The standard InChI is InChI=1S/C14H18N4O3S2/c1-17-10-12(8-15-17)16-14(19)11-4-2-6-18(9-11)23(20,21)13-5-3-7-22-13/h3,5,7-8,10-11H,2,4,6,9H2,1H3,(H,16,19)/t11-/m0/s1. The highest BCUT2D eigenvalue weighted by Crippen LogP contribution is 2.26. The van der Waals surface area contributed by atoms with Crippen LogP contribution in [0.5, 0.6) is 0 Å². The largest absolute Gasteiger partial charge is 0.323 e. The lowest BCUT2D eigenvalue weighted by Gasteiger charge is -2.30. The molecular formula is C14H18N4O3S2. The van der Waals surface area contributed by atoms with Crippen LogP contribution in [0, 0.1) is 5.92 Å². The first-order chi connectivity index (χ1) is 11.0. The second kappa shape index (κ2) is 6.42. The summed E-state index contributed by atoms with van der Waals surface area (Å²) < 4.78 is 28.5. The maximum atomic E-state index is 12.6. The molecule has 0 radical (unpaired) electrons. The van der Waals surface area contributed by atoms with Gasteiger partial charge in [0.25, 0.3) is 10.0 Å². The minimum Gasteiger partial charge on any atom is -0.323 e. The summed E-state index contributed by atoms with van der Waals surface area (Å²) >= 11 is 1.20. The first-order valence-corrected chi connectivity index (χ1v) is 9.62. The summed E-state index contributed by atoms with van der Waals surface area (Å²) in [7, 11) is -1.73. The summed E-state index contributed by atoms with van der Waals surface area (Å²) in [5.74, 6) is -0.511. The zero-order valence-electron chi connectivity index (χ0n) is 12.7. The van der Waals surface area contributed by atoms with E-state index in [4.69, 9.17) is 0 Å². The molecule has 2 aromatic heterocycles. The molecule has 3 rings (SSSR count). The first kappa shape index (κ1) is 16.2. The Morgan fingerprint density at radius 3 is 2.96 bits per heavy atom. The monoisotopic (exact) mass is 354 g/mol. The Bertz CT molecular complexity index is 783. The quantitative estimate of drug-likeness (QED) is 0.902. The van der Waals surface area contributed by atoms with Crippen molar-refractivity contribution in [3.8, 4) is 0 Å². The zero-order valence-corrected chi connectivity index (χ0v) is 14.3. The number of nitrogens with zero attached hydrogens (tertiary/aromatic N) is 3. The topological polar surface area (TPSA) is 84.3 Å². The van der Waals surface area contributed by atoms with Crippen LogP contribution in [0.3, 0.4) is 0 Å². The average molecular weight is 354 g/mol. The van der Waals surface area contributed by atoms with Crippen molar-refractivity contribution in [2.24, 2.45) is 13.0 Å².